The molecule has 0 aliphatic carbocycles. The number of benzene rings is 1. The van der Waals surface area contributed by atoms with Crippen molar-refractivity contribution in [2.24, 2.45) is 0 Å². The molecule has 0 radical (unpaired) electrons. The Hall–Kier alpha value is -1.35. The average Bonchev–Trinajstić information content (AvgIpc) is 2.29. The number of rotatable bonds is 0. The first-order chi connectivity index (χ1) is 5.86. The fourth-order valence-corrected chi connectivity index (χ4v) is 1.13. The highest BCUT2D eigenvalue weighted by Gasteiger charge is 1.88. The van der Waals surface area contributed by atoms with E-state index in [9.17, 15) is 0 Å². The average molecular weight is 174 g/mol. The van der Waals surface area contributed by atoms with E-state index in [2.05, 4.69) is 10.2 Å². The SMILES string of the molecule is S=c1ccc2ccccc2nn1. The lowest BCUT2D eigenvalue weighted by Crippen LogP contribution is -1.73. The summed E-state index contributed by atoms with van der Waals surface area (Å²) in [5.74, 6) is 0. The van der Waals surface area contributed by atoms with Gasteiger partial charge in [0.15, 0.2) is 0 Å². The van der Waals surface area contributed by atoms with Crippen molar-refractivity contribution in [2.75, 3.05) is 0 Å². The Labute approximate surface area is 74.9 Å². The minimum Gasteiger partial charge on any atom is -0.149 e. The zero-order valence-electron chi connectivity index (χ0n) is 6.27. The number of fused-ring (bicyclic) bond motifs is 1. The van der Waals surface area contributed by atoms with E-state index < -0.39 is 0 Å². The van der Waals surface area contributed by atoms with Crippen molar-refractivity contribution in [1.82, 2.24) is 10.2 Å². The van der Waals surface area contributed by atoms with Crippen LogP contribution in [0.2, 0.25) is 0 Å². The standard InChI is InChI=1S/C9H6N2S/c12-9-6-5-7-3-1-2-4-8(7)10-11-9/h1-6H. The summed E-state index contributed by atoms with van der Waals surface area (Å²) >= 11 is 4.89. The summed E-state index contributed by atoms with van der Waals surface area (Å²) in [4.78, 5) is 0. The van der Waals surface area contributed by atoms with Gasteiger partial charge in [0.05, 0.1) is 5.52 Å². The normalized spacial score (nSPS) is 10.0. The molecule has 3 heteroatoms. The lowest BCUT2D eigenvalue weighted by molar-refractivity contribution is 1.07. The summed E-state index contributed by atoms with van der Waals surface area (Å²) in [5.41, 5.74) is 0.869. The van der Waals surface area contributed by atoms with E-state index in [-0.39, 0.29) is 0 Å². The molecule has 2 rings (SSSR count). The van der Waals surface area contributed by atoms with E-state index in [0.29, 0.717) is 4.64 Å². The molecule has 0 saturated carbocycles. The van der Waals surface area contributed by atoms with Crippen LogP contribution in [0, 0.1) is 4.64 Å². The molecule has 0 bridgehead atoms. The van der Waals surface area contributed by atoms with E-state index in [4.69, 9.17) is 12.2 Å². The Morgan fingerprint density at radius 1 is 0.917 bits per heavy atom. The molecule has 2 nitrogen and oxygen atoms in total. The maximum atomic E-state index is 4.89. The fourth-order valence-electron chi connectivity index (χ4n) is 1.02. The van der Waals surface area contributed by atoms with E-state index in [0.717, 1.165) is 10.9 Å². The Morgan fingerprint density at radius 3 is 2.67 bits per heavy atom. The second-order valence-electron chi connectivity index (χ2n) is 2.43. The van der Waals surface area contributed by atoms with Crippen LogP contribution in [0.3, 0.4) is 0 Å². The van der Waals surface area contributed by atoms with Gasteiger partial charge in [0, 0.05) is 5.39 Å². The van der Waals surface area contributed by atoms with E-state index in [1.54, 1.807) is 6.07 Å². The van der Waals surface area contributed by atoms with Crippen LogP contribution in [0.25, 0.3) is 10.9 Å². The van der Waals surface area contributed by atoms with Crippen LogP contribution in [0.1, 0.15) is 0 Å². The highest BCUT2D eigenvalue weighted by atomic mass is 32.1. The third-order valence-corrected chi connectivity index (χ3v) is 1.82. The molecule has 12 heavy (non-hydrogen) atoms. The molecule has 0 unspecified atom stereocenters. The monoisotopic (exact) mass is 174 g/mol. The largest absolute Gasteiger partial charge is 0.149 e. The van der Waals surface area contributed by atoms with Crippen LogP contribution >= 0.6 is 12.2 Å². The molecule has 0 fully saturated rings. The van der Waals surface area contributed by atoms with Gasteiger partial charge in [-0.05, 0) is 18.2 Å². The van der Waals surface area contributed by atoms with Crippen molar-refractivity contribution in [1.29, 1.82) is 0 Å². The van der Waals surface area contributed by atoms with Gasteiger partial charge in [-0.2, -0.15) is 0 Å². The van der Waals surface area contributed by atoms with Gasteiger partial charge in [-0.15, -0.1) is 10.2 Å². The number of hydrogen-bond acceptors (Lipinski definition) is 3. The fraction of sp³-hybridized carbons (Fsp3) is 0. The van der Waals surface area contributed by atoms with Crippen LogP contribution < -0.4 is 0 Å². The number of aromatic nitrogens is 2. The molecular formula is C9H6N2S. The molecule has 58 valence electrons. The predicted octanol–water partition coefficient (Wildman–Crippen LogP) is 2.36. The highest BCUT2D eigenvalue weighted by molar-refractivity contribution is 7.71. The van der Waals surface area contributed by atoms with Crippen molar-refractivity contribution in [3.63, 3.8) is 0 Å². The van der Waals surface area contributed by atoms with Crippen LogP contribution in [0.4, 0.5) is 0 Å². The molecule has 0 amide bonds. The van der Waals surface area contributed by atoms with Crippen LogP contribution in [0.5, 0.6) is 0 Å². The molecular weight excluding hydrogens is 168 g/mol. The second-order valence-corrected chi connectivity index (χ2v) is 2.85. The maximum Gasteiger partial charge on any atom is 0.148 e. The Bertz CT molecular complexity index is 426. The van der Waals surface area contributed by atoms with E-state index >= 15 is 0 Å². The van der Waals surface area contributed by atoms with Gasteiger partial charge in [-0.25, -0.2) is 0 Å². The third kappa shape index (κ3) is 1.31. The minimum atomic E-state index is 0.520. The van der Waals surface area contributed by atoms with Crippen LogP contribution in [0.15, 0.2) is 36.4 Å². The van der Waals surface area contributed by atoms with Crippen LogP contribution in [-0.4, -0.2) is 10.2 Å². The highest BCUT2D eigenvalue weighted by Crippen LogP contribution is 2.06. The smallest absolute Gasteiger partial charge is 0.148 e. The topological polar surface area (TPSA) is 25.8 Å². The van der Waals surface area contributed by atoms with Gasteiger partial charge < -0.3 is 0 Å². The lowest BCUT2D eigenvalue weighted by Gasteiger charge is -1.85. The van der Waals surface area contributed by atoms with Gasteiger partial charge in [-0.1, -0.05) is 30.4 Å². The molecule has 0 saturated heterocycles. The lowest BCUT2D eigenvalue weighted by atomic mass is 10.2. The molecule has 0 spiro atoms. The number of hydrogen-bond donors (Lipinski definition) is 0. The quantitative estimate of drug-likeness (QED) is 0.573. The first-order valence-electron chi connectivity index (χ1n) is 3.59. The molecule has 0 aliphatic heterocycles. The van der Waals surface area contributed by atoms with Gasteiger partial charge >= 0.3 is 0 Å². The zero-order valence-corrected chi connectivity index (χ0v) is 7.08. The van der Waals surface area contributed by atoms with Crippen molar-refractivity contribution in [3.05, 3.63) is 41.0 Å². The third-order valence-electron chi connectivity index (χ3n) is 1.60. The molecule has 0 aliphatic rings. The minimum absolute atomic E-state index is 0.520. The summed E-state index contributed by atoms with van der Waals surface area (Å²) < 4.78 is 0.520. The maximum absolute atomic E-state index is 4.89. The Balaban J connectivity index is 2.94. The van der Waals surface area contributed by atoms with Gasteiger partial charge in [0.25, 0.3) is 0 Å². The van der Waals surface area contributed by atoms with E-state index in [1.165, 1.54) is 0 Å². The summed E-state index contributed by atoms with van der Waals surface area (Å²) in [5, 5.41) is 8.88. The second kappa shape index (κ2) is 2.95. The zero-order chi connectivity index (χ0) is 8.39. The molecule has 0 N–H and O–H groups in total. The van der Waals surface area contributed by atoms with Crippen molar-refractivity contribution in [2.45, 2.75) is 0 Å². The molecule has 1 aromatic carbocycles. The summed E-state index contributed by atoms with van der Waals surface area (Å²) in [6, 6.07) is 11.5. The van der Waals surface area contributed by atoms with E-state index in [1.807, 2.05) is 30.3 Å². The van der Waals surface area contributed by atoms with Gasteiger partial charge in [0.1, 0.15) is 4.64 Å². The summed E-state index contributed by atoms with van der Waals surface area (Å²) in [6.07, 6.45) is 0. The summed E-state index contributed by atoms with van der Waals surface area (Å²) in [7, 11) is 0. The molecule has 0 atom stereocenters. The van der Waals surface area contributed by atoms with Gasteiger partial charge in [0.2, 0.25) is 0 Å². The van der Waals surface area contributed by atoms with Crippen molar-refractivity contribution < 1.29 is 0 Å². The van der Waals surface area contributed by atoms with Crippen molar-refractivity contribution in [3.8, 4) is 0 Å². The Morgan fingerprint density at radius 2 is 1.75 bits per heavy atom. The number of nitrogens with zero attached hydrogens (tertiary/aromatic N) is 2. The summed E-state index contributed by atoms with van der Waals surface area (Å²) in [6.45, 7) is 0. The first kappa shape index (κ1) is 7.31. The van der Waals surface area contributed by atoms with Gasteiger partial charge in [-0.3, -0.25) is 0 Å². The first-order valence-corrected chi connectivity index (χ1v) is 4.00. The molecule has 2 aromatic rings. The molecule has 1 heterocycles. The predicted molar refractivity (Wildman–Crippen MR) is 50.4 cm³/mol. The molecule has 1 aromatic heterocycles. The van der Waals surface area contributed by atoms with Crippen molar-refractivity contribution >= 4 is 23.1 Å². The Kier molecular flexibility index (Phi) is 1.80. The van der Waals surface area contributed by atoms with Crippen LogP contribution in [-0.2, 0) is 0 Å².